The van der Waals surface area contributed by atoms with E-state index in [1.807, 2.05) is 0 Å². The Hall–Kier alpha value is -0.830. The van der Waals surface area contributed by atoms with Crippen LogP contribution in [0.15, 0.2) is 4.52 Å². The van der Waals surface area contributed by atoms with Gasteiger partial charge in [0.15, 0.2) is 0 Å². The molecular formula is C10H16N2O. The van der Waals surface area contributed by atoms with E-state index < -0.39 is 0 Å². The van der Waals surface area contributed by atoms with Crippen molar-refractivity contribution in [3.8, 4) is 0 Å². The number of aryl methyl sites for hydroxylation is 1. The van der Waals surface area contributed by atoms with Crippen molar-refractivity contribution in [3.63, 3.8) is 0 Å². The molecule has 1 aromatic rings. The molecule has 0 unspecified atom stereocenters. The van der Waals surface area contributed by atoms with Crippen LogP contribution in [0.2, 0.25) is 0 Å². The molecule has 0 aromatic carbocycles. The summed E-state index contributed by atoms with van der Waals surface area (Å²) in [7, 11) is 0. The Morgan fingerprint density at radius 3 is 3.00 bits per heavy atom. The highest BCUT2D eigenvalue weighted by molar-refractivity contribution is 5.27. The van der Waals surface area contributed by atoms with Crippen LogP contribution in [0.25, 0.3) is 0 Å². The van der Waals surface area contributed by atoms with E-state index in [9.17, 15) is 0 Å². The Balaban J connectivity index is 2.36. The third kappa shape index (κ3) is 1.48. The Morgan fingerprint density at radius 2 is 2.31 bits per heavy atom. The Morgan fingerprint density at radius 1 is 1.54 bits per heavy atom. The highest BCUT2D eigenvalue weighted by Crippen LogP contribution is 2.35. The predicted octanol–water partition coefficient (Wildman–Crippen LogP) is 1.65. The van der Waals surface area contributed by atoms with Gasteiger partial charge in [-0.2, -0.15) is 0 Å². The Bertz CT molecular complexity index is 301. The average molecular weight is 180 g/mol. The zero-order chi connectivity index (χ0) is 9.47. The van der Waals surface area contributed by atoms with Gasteiger partial charge in [-0.1, -0.05) is 19.0 Å². The number of rotatable bonds is 1. The molecule has 1 aromatic heterocycles. The van der Waals surface area contributed by atoms with Crippen molar-refractivity contribution in [2.45, 2.75) is 39.7 Å². The first-order chi connectivity index (χ1) is 6.12. The third-order valence-electron chi connectivity index (χ3n) is 2.83. The SMILES string of the molecule is CC1(C)CCc2onc(CN)c2C1. The fourth-order valence-corrected chi connectivity index (χ4v) is 1.96. The van der Waals surface area contributed by atoms with Crippen LogP contribution >= 0.6 is 0 Å². The van der Waals surface area contributed by atoms with Gasteiger partial charge in [-0.3, -0.25) is 0 Å². The molecule has 0 saturated heterocycles. The van der Waals surface area contributed by atoms with Gasteiger partial charge in [-0.05, 0) is 18.3 Å². The van der Waals surface area contributed by atoms with E-state index in [1.54, 1.807) is 0 Å². The fraction of sp³-hybridized carbons (Fsp3) is 0.700. The van der Waals surface area contributed by atoms with Crippen LogP contribution in [-0.4, -0.2) is 5.16 Å². The fourth-order valence-electron chi connectivity index (χ4n) is 1.96. The van der Waals surface area contributed by atoms with Crippen LogP contribution in [0, 0.1) is 5.41 Å². The molecule has 0 amide bonds. The van der Waals surface area contributed by atoms with Gasteiger partial charge >= 0.3 is 0 Å². The van der Waals surface area contributed by atoms with Gasteiger partial charge in [-0.25, -0.2) is 0 Å². The first-order valence-electron chi connectivity index (χ1n) is 4.79. The molecule has 0 aliphatic heterocycles. The smallest absolute Gasteiger partial charge is 0.140 e. The number of aromatic nitrogens is 1. The van der Waals surface area contributed by atoms with Gasteiger partial charge in [0.05, 0.1) is 0 Å². The molecule has 1 heterocycles. The second kappa shape index (κ2) is 2.84. The topological polar surface area (TPSA) is 52.0 Å². The molecule has 3 nitrogen and oxygen atoms in total. The maximum absolute atomic E-state index is 5.58. The molecule has 0 radical (unpaired) electrons. The molecular weight excluding hydrogens is 164 g/mol. The van der Waals surface area contributed by atoms with Crippen LogP contribution in [0.4, 0.5) is 0 Å². The van der Waals surface area contributed by atoms with E-state index >= 15 is 0 Å². The summed E-state index contributed by atoms with van der Waals surface area (Å²) in [4.78, 5) is 0. The van der Waals surface area contributed by atoms with Gasteiger partial charge < -0.3 is 10.3 Å². The van der Waals surface area contributed by atoms with Gasteiger partial charge in [0.2, 0.25) is 0 Å². The van der Waals surface area contributed by atoms with Crippen LogP contribution in [0.5, 0.6) is 0 Å². The lowest BCUT2D eigenvalue weighted by molar-refractivity contribution is 0.282. The van der Waals surface area contributed by atoms with Crippen molar-refractivity contribution in [3.05, 3.63) is 17.0 Å². The molecule has 2 N–H and O–H groups in total. The van der Waals surface area contributed by atoms with Crippen molar-refractivity contribution in [2.24, 2.45) is 11.1 Å². The summed E-state index contributed by atoms with van der Waals surface area (Å²) in [5, 5.41) is 3.98. The highest BCUT2D eigenvalue weighted by Gasteiger charge is 2.29. The monoisotopic (exact) mass is 180 g/mol. The minimum atomic E-state index is 0.377. The number of fused-ring (bicyclic) bond motifs is 1. The summed E-state index contributed by atoms with van der Waals surface area (Å²) in [5.41, 5.74) is 8.17. The van der Waals surface area contributed by atoms with Crippen molar-refractivity contribution >= 4 is 0 Å². The summed E-state index contributed by atoms with van der Waals surface area (Å²) in [5.74, 6) is 1.06. The van der Waals surface area contributed by atoms with E-state index in [0.717, 1.165) is 24.3 Å². The molecule has 0 fully saturated rings. The minimum absolute atomic E-state index is 0.377. The van der Waals surface area contributed by atoms with E-state index in [0.29, 0.717) is 12.0 Å². The quantitative estimate of drug-likeness (QED) is 0.715. The lowest BCUT2D eigenvalue weighted by Crippen LogP contribution is -2.22. The lowest BCUT2D eigenvalue weighted by Gasteiger charge is -2.28. The summed E-state index contributed by atoms with van der Waals surface area (Å²) in [6.45, 7) is 5.06. The maximum Gasteiger partial charge on any atom is 0.140 e. The zero-order valence-electron chi connectivity index (χ0n) is 8.26. The number of hydrogen-bond acceptors (Lipinski definition) is 3. The molecule has 1 aliphatic rings. The normalized spacial score (nSPS) is 19.9. The van der Waals surface area contributed by atoms with Crippen LogP contribution in [0.1, 0.15) is 37.3 Å². The summed E-state index contributed by atoms with van der Waals surface area (Å²) in [6, 6.07) is 0. The minimum Gasteiger partial charge on any atom is -0.361 e. The molecule has 72 valence electrons. The first kappa shape index (κ1) is 8.75. The standard InChI is InChI=1S/C10H16N2O/c1-10(2)4-3-9-7(5-10)8(6-11)12-13-9/h3-6,11H2,1-2H3. The van der Waals surface area contributed by atoms with Crippen LogP contribution in [-0.2, 0) is 19.4 Å². The van der Waals surface area contributed by atoms with Crippen molar-refractivity contribution in [1.29, 1.82) is 0 Å². The van der Waals surface area contributed by atoms with Crippen molar-refractivity contribution < 1.29 is 4.52 Å². The molecule has 0 spiro atoms. The Labute approximate surface area is 78.3 Å². The molecule has 0 bridgehead atoms. The molecule has 3 heteroatoms. The van der Waals surface area contributed by atoms with Gasteiger partial charge in [0, 0.05) is 18.5 Å². The second-order valence-electron chi connectivity index (χ2n) is 4.58. The van der Waals surface area contributed by atoms with Gasteiger partial charge in [0.25, 0.3) is 0 Å². The molecule has 2 rings (SSSR count). The number of nitrogens with zero attached hydrogens (tertiary/aromatic N) is 1. The molecule has 0 atom stereocenters. The maximum atomic E-state index is 5.58. The van der Waals surface area contributed by atoms with E-state index in [4.69, 9.17) is 10.3 Å². The van der Waals surface area contributed by atoms with Gasteiger partial charge in [0.1, 0.15) is 11.5 Å². The molecule has 0 saturated carbocycles. The summed E-state index contributed by atoms with van der Waals surface area (Å²) < 4.78 is 5.24. The van der Waals surface area contributed by atoms with Gasteiger partial charge in [-0.15, -0.1) is 0 Å². The van der Waals surface area contributed by atoms with E-state index in [1.165, 1.54) is 12.0 Å². The zero-order valence-corrected chi connectivity index (χ0v) is 8.26. The lowest BCUT2D eigenvalue weighted by atomic mass is 9.76. The summed E-state index contributed by atoms with van der Waals surface area (Å²) >= 11 is 0. The molecule has 13 heavy (non-hydrogen) atoms. The number of nitrogens with two attached hydrogens (primary N) is 1. The van der Waals surface area contributed by atoms with Crippen LogP contribution < -0.4 is 5.73 Å². The van der Waals surface area contributed by atoms with E-state index in [2.05, 4.69) is 19.0 Å². The Kier molecular flexibility index (Phi) is 1.91. The largest absolute Gasteiger partial charge is 0.361 e. The van der Waals surface area contributed by atoms with E-state index in [-0.39, 0.29) is 0 Å². The van der Waals surface area contributed by atoms with Crippen molar-refractivity contribution in [1.82, 2.24) is 5.16 Å². The second-order valence-corrected chi connectivity index (χ2v) is 4.58. The summed E-state index contributed by atoms with van der Waals surface area (Å²) in [6.07, 6.45) is 3.24. The third-order valence-corrected chi connectivity index (χ3v) is 2.83. The molecule has 1 aliphatic carbocycles. The number of hydrogen-bond donors (Lipinski definition) is 1. The van der Waals surface area contributed by atoms with Crippen LogP contribution in [0.3, 0.4) is 0 Å². The van der Waals surface area contributed by atoms with Crippen molar-refractivity contribution in [2.75, 3.05) is 0 Å². The first-order valence-corrected chi connectivity index (χ1v) is 4.79. The average Bonchev–Trinajstić information content (AvgIpc) is 2.44. The highest BCUT2D eigenvalue weighted by atomic mass is 16.5. The predicted molar refractivity (Wildman–Crippen MR) is 50.2 cm³/mol.